The van der Waals surface area contributed by atoms with Crippen molar-refractivity contribution in [3.63, 3.8) is 0 Å². The molecule has 0 unspecified atom stereocenters. The van der Waals surface area contributed by atoms with E-state index in [0.717, 1.165) is 5.56 Å². The summed E-state index contributed by atoms with van der Waals surface area (Å²) in [5, 5.41) is 2.84. The summed E-state index contributed by atoms with van der Waals surface area (Å²) in [7, 11) is 3.11. The van der Waals surface area contributed by atoms with E-state index in [2.05, 4.69) is 10.3 Å². The Bertz CT molecular complexity index is 903. The van der Waals surface area contributed by atoms with E-state index in [4.69, 9.17) is 13.9 Å². The van der Waals surface area contributed by atoms with Crippen LogP contribution in [0.3, 0.4) is 0 Å². The zero-order chi connectivity index (χ0) is 18.5. The second kappa shape index (κ2) is 7.74. The summed E-state index contributed by atoms with van der Waals surface area (Å²) >= 11 is 0. The maximum atomic E-state index is 12.4. The maximum Gasteiger partial charge on any atom is 0.230 e. The number of methoxy groups -OCH3 is 2. The zero-order valence-corrected chi connectivity index (χ0v) is 14.9. The van der Waals surface area contributed by atoms with Gasteiger partial charge in [-0.1, -0.05) is 18.2 Å². The first-order chi connectivity index (χ1) is 12.6. The van der Waals surface area contributed by atoms with Crippen molar-refractivity contribution >= 4 is 11.6 Å². The van der Waals surface area contributed by atoms with Crippen molar-refractivity contribution in [1.82, 2.24) is 4.98 Å². The first kappa shape index (κ1) is 17.5. The molecule has 0 aliphatic carbocycles. The van der Waals surface area contributed by atoms with Gasteiger partial charge in [-0.3, -0.25) is 4.79 Å². The minimum absolute atomic E-state index is 0.122. The zero-order valence-electron chi connectivity index (χ0n) is 14.9. The van der Waals surface area contributed by atoms with E-state index in [1.807, 2.05) is 30.3 Å². The number of aromatic nitrogens is 1. The molecule has 3 rings (SSSR count). The molecular formula is C20H20N2O4. The van der Waals surface area contributed by atoms with Crippen LogP contribution in [-0.4, -0.2) is 25.1 Å². The molecule has 1 N–H and O–H groups in total. The van der Waals surface area contributed by atoms with Crippen LogP contribution in [0.2, 0.25) is 0 Å². The number of rotatable bonds is 6. The maximum absolute atomic E-state index is 12.4. The van der Waals surface area contributed by atoms with Gasteiger partial charge in [0.25, 0.3) is 0 Å². The van der Waals surface area contributed by atoms with Crippen LogP contribution < -0.4 is 14.8 Å². The molecule has 0 saturated carbocycles. The summed E-state index contributed by atoms with van der Waals surface area (Å²) in [6.45, 7) is 1.80. The second-order valence-electron chi connectivity index (χ2n) is 5.68. The first-order valence-corrected chi connectivity index (χ1v) is 8.14. The molecule has 0 aliphatic heterocycles. The van der Waals surface area contributed by atoms with Gasteiger partial charge in [-0.15, -0.1) is 0 Å². The third-order valence-corrected chi connectivity index (χ3v) is 3.91. The molecule has 1 heterocycles. The van der Waals surface area contributed by atoms with E-state index in [1.54, 1.807) is 39.3 Å². The summed E-state index contributed by atoms with van der Waals surface area (Å²) in [5.41, 5.74) is 2.11. The number of oxazole rings is 1. The Morgan fingerprint density at radius 3 is 2.50 bits per heavy atom. The SMILES string of the molecule is COc1ccc(NC(=O)Cc2nc(-c3ccccc3)oc2C)cc1OC. The smallest absolute Gasteiger partial charge is 0.230 e. The molecule has 1 aromatic heterocycles. The lowest BCUT2D eigenvalue weighted by atomic mass is 10.2. The molecule has 134 valence electrons. The number of carbonyl (C=O) groups is 1. The fourth-order valence-corrected chi connectivity index (χ4v) is 2.57. The second-order valence-corrected chi connectivity index (χ2v) is 5.68. The van der Waals surface area contributed by atoms with Gasteiger partial charge in [0.05, 0.1) is 26.3 Å². The fourth-order valence-electron chi connectivity index (χ4n) is 2.57. The molecule has 6 nitrogen and oxygen atoms in total. The van der Waals surface area contributed by atoms with Crippen molar-refractivity contribution in [1.29, 1.82) is 0 Å². The van der Waals surface area contributed by atoms with Crippen LogP contribution >= 0.6 is 0 Å². The van der Waals surface area contributed by atoms with E-state index in [9.17, 15) is 4.79 Å². The van der Waals surface area contributed by atoms with Crippen molar-refractivity contribution in [2.45, 2.75) is 13.3 Å². The Balaban J connectivity index is 1.72. The van der Waals surface area contributed by atoms with E-state index in [-0.39, 0.29) is 12.3 Å². The lowest BCUT2D eigenvalue weighted by molar-refractivity contribution is -0.115. The van der Waals surface area contributed by atoms with Gasteiger partial charge < -0.3 is 19.2 Å². The van der Waals surface area contributed by atoms with Crippen LogP contribution in [0.4, 0.5) is 5.69 Å². The highest BCUT2D eigenvalue weighted by Crippen LogP contribution is 2.30. The van der Waals surface area contributed by atoms with Crippen LogP contribution in [0.5, 0.6) is 11.5 Å². The lowest BCUT2D eigenvalue weighted by Crippen LogP contribution is -2.15. The average Bonchev–Trinajstić information content (AvgIpc) is 3.02. The Labute approximate surface area is 151 Å². The Morgan fingerprint density at radius 1 is 1.08 bits per heavy atom. The van der Waals surface area contributed by atoms with Crippen LogP contribution in [0, 0.1) is 6.92 Å². The van der Waals surface area contributed by atoms with Gasteiger partial charge in [0.15, 0.2) is 11.5 Å². The Kier molecular flexibility index (Phi) is 5.22. The van der Waals surface area contributed by atoms with Crippen molar-refractivity contribution in [3.8, 4) is 23.0 Å². The normalized spacial score (nSPS) is 10.4. The standard InChI is InChI=1S/C20H20N2O4/c1-13-16(22-20(26-13)14-7-5-4-6-8-14)12-19(23)21-15-9-10-17(24-2)18(11-15)25-3/h4-11H,12H2,1-3H3,(H,21,23). The highest BCUT2D eigenvalue weighted by molar-refractivity contribution is 5.92. The molecule has 0 atom stereocenters. The summed E-state index contributed by atoms with van der Waals surface area (Å²) in [6.07, 6.45) is 0.122. The van der Waals surface area contributed by atoms with Crippen molar-refractivity contribution in [2.75, 3.05) is 19.5 Å². The van der Waals surface area contributed by atoms with Gasteiger partial charge in [-0.05, 0) is 31.2 Å². The molecule has 0 fully saturated rings. The van der Waals surface area contributed by atoms with Crippen LogP contribution in [0.15, 0.2) is 52.9 Å². The summed E-state index contributed by atoms with van der Waals surface area (Å²) in [5.74, 6) is 2.11. The van der Waals surface area contributed by atoms with E-state index in [0.29, 0.717) is 34.5 Å². The van der Waals surface area contributed by atoms with Crippen molar-refractivity contribution in [3.05, 3.63) is 60.0 Å². The molecule has 0 radical (unpaired) electrons. The monoisotopic (exact) mass is 352 g/mol. The molecule has 2 aromatic carbocycles. The number of nitrogens with zero attached hydrogens (tertiary/aromatic N) is 1. The van der Waals surface area contributed by atoms with E-state index < -0.39 is 0 Å². The number of ether oxygens (including phenoxy) is 2. The highest BCUT2D eigenvalue weighted by Gasteiger charge is 2.15. The predicted octanol–water partition coefficient (Wildman–Crippen LogP) is 3.85. The van der Waals surface area contributed by atoms with E-state index >= 15 is 0 Å². The Hall–Kier alpha value is -3.28. The fraction of sp³-hybridized carbons (Fsp3) is 0.200. The van der Waals surface area contributed by atoms with Gasteiger partial charge in [-0.2, -0.15) is 0 Å². The molecule has 3 aromatic rings. The molecular weight excluding hydrogens is 332 g/mol. The molecule has 26 heavy (non-hydrogen) atoms. The van der Waals surface area contributed by atoms with E-state index in [1.165, 1.54) is 0 Å². The number of carbonyl (C=O) groups excluding carboxylic acids is 1. The summed E-state index contributed by atoms with van der Waals surface area (Å²) < 4.78 is 16.1. The molecule has 6 heteroatoms. The van der Waals surface area contributed by atoms with Crippen LogP contribution in [-0.2, 0) is 11.2 Å². The number of hydrogen-bond donors (Lipinski definition) is 1. The number of aryl methyl sites for hydroxylation is 1. The third kappa shape index (κ3) is 3.85. The number of hydrogen-bond acceptors (Lipinski definition) is 5. The number of amides is 1. The van der Waals surface area contributed by atoms with Crippen LogP contribution in [0.1, 0.15) is 11.5 Å². The van der Waals surface area contributed by atoms with Gasteiger partial charge in [0.2, 0.25) is 11.8 Å². The first-order valence-electron chi connectivity index (χ1n) is 8.14. The lowest BCUT2D eigenvalue weighted by Gasteiger charge is -2.10. The highest BCUT2D eigenvalue weighted by atomic mass is 16.5. The third-order valence-electron chi connectivity index (χ3n) is 3.91. The average molecular weight is 352 g/mol. The number of nitrogens with one attached hydrogen (secondary N) is 1. The van der Waals surface area contributed by atoms with Crippen molar-refractivity contribution in [2.24, 2.45) is 0 Å². The van der Waals surface area contributed by atoms with Gasteiger partial charge in [0.1, 0.15) is 5.76 Å². The predicted molar refractivity (Wildman–Crippen MR) is 98.6 cm³/mol. The van der Waals surface area contributed by atoms with Gasteiger partial charge in [-0.25, -0.2) is 4.98 Å². The topological polar surface area (TPSA) is 73.6 Å². The molecule has 0 saturated heterocycles. The minimum atomic E-state index is -0.187. The Morgan fingerprint density at radius 2 is 1.81 bits per heavy atom. The molecule has 0 bridgehead atoms. The number of benzene rings is 2. The van der Waals surface area contributed by atoms with Gasteiger partial charge >= 0.3 is 0 Å². The largest absolute Gasteiger partial charge is 0.493 e. The van der Waals surface area contributed by atoms with Gasteiger partial charge in [0, 0.05) is 17.3 Å². The molecule has 1 amide bonds. The van der Waals surface area contributed by atoms with Crippen molar-refractivity contribution < 1.29 is 18.7 Å². The summed E-state index contributed by atoms with van der Waals surface area (Å²) in [6, 6.07) is 14.8. The quantitative estimate of drug-likeness (QED) is 0.729. The molecule has 0 aliphatic rings. The summed E-state index contributed by atoms with van der Waals surface area (Å²) in [4.78, 5) is 16.8. The van der Waals surface area contributed by atoms with Crippen LogP contribution in [0.25, 0.3) is 11.5 Å². The molecule has 0 spiro atoms. The minimum Gasteiger partial charge on any atom is -0.493 e. The number of anilines is 1.